The summed E-state index contributed by atoms with van der Waals surface area (Å²) in [5.74, 6) is 1.27. The lowest BCUT2D eigenvalue weighted by Gasteiger charge is -2.33. The molecule has 2 aliphatic rings. The molecule has 1 aromatic carbocycles. The SMILES string of the molecule is CCC(=C(C)C)C1CC(O)Oc2cc(C3/C=C\CCCCC3)cc(O)c21. The number of rotatable bonds is 3. The number of fused-ring (bicyclic) bond motifs is 1. The summed E-state index contributed by atoms with van der Waals surface area (Å²) < 4.78 is 5.75. The summed E-state index contributed by atoms with van der Waals surface area (Å²) in [5.41, 5.74) is 4.46. The summed E-state index contributed by atoms with van der Waals surface area (Å²) in [6.45, 7) is 6.34. The molecule has 3 nitrogen and oxygen atoms in total. The third kappa shape index (κ3) is 3.98. The number of hydrogen-bond donors (Lipinski definition) is 2. The molecular formula is C23H32O3. The summed E-state index contributed by atoms with van der Waals surface area (Å²) >= 11 is 0. The molecular weight excluding hydrogens is 324 g/mol. The molecule has 1 aliphatic heterocycles. The first-order valence-corrected chi connectivity index (χ1v) is 10.1. The largest absolute Gasteiger partial charge is 0.507 e. The third-order valence-corrected chi connectivity index (χ3v) is 5.82. The fraction of sp³-hybridized carbons (Fsp3) is 0.565. The Bertz CT molecular complexity index is 698. The van der Waals surface area contributed by atoms with Crippen molar-refractivity contribution in [2.45, 2.75) is 83.8 Å². The Labute approximate surface area is 157 Å². The lowest BCUT2D eigenvalue weighted by molar-refractivity contribution is -0.0368. The topological polar surface area (TPSA) is 49.7 Å². The van der Waals surface area contributed by atoms with Crippen LogP contribution >= 0.6 is 0 Å². The molecule has 0 amide bonds. The highest BCUT2D eigenvalue weighted by atomic mass is 16.6. The predicted molar refractivity (Wildman–Crippen MR) is 106 cm³/mol. The molecule has 0 bridgehead atoms. The van der Waals surface area contributed by atoms with Gasteiger partial charge in [-0.15, -0.1) is 0 Å². The maximum Gasteiger partial charge on any atom is 0.198 e. The summed E-state index contributed by atoms with van der Waals surface area (Å²) in [7, 11) is 0. The van der Waals surface area contributed by atoms with Crippen LogP contribution in [0, 0.1) is 0 Å². The van der Waals surface area contributed by atoms with Gasteiger partial charge in [-0.05, 0) is 57.2 Å². The fourth-order valence-electron chi connectivity index (χ4n) is 4.51. The van der Waals surface area contributed by atoms with Crippen LogP contribution in [0.3, 0.4) is 0 Å². The molecule has 3 unspecified atom stereocenters. The van der Waals surface area contributed by atoms with E-state index in [1.807, 2.05) is 12.1 Å². The van der Waals surface area contributed by atoms with E-state index in [0.717, 1.165) is 30.4 Å². The molecule has 0 saturated heterocycles. The zero-order valence-electron chi connectivity index (χ0n) is 16.3. The second-order valence-corrected chi connectivity index (χ2v) is 7.86. The number of aliphatic hydroxyl groups excluding tert-OH is 1. The lowest BCUT2D eigenvalue weighted by Crippen LogP contribution is -2.26. The van der Waals surface area contributed by atoms with E-state index in [1.165, 1.54) is 30.4 Å². The maximum atomic E-state index is 10.9. The van der Waals surface area contributed by atoms with Crippen LogP contribution in [-0.4, -0.2) is 16.5 Å². The first-order valence-electron chi connectivity index (χ1n) is 10.1. The van der Waals surface area contributed by atoms with E-state index in [4.69, 9.17) is 4.74 Å². The molecule has 26 heavy (non-hydrogen) atoms. The molecule has 3 heteroatoms. The van der Waals surface area contributed by atoms with Gasteiger partial charge in [-0.3, -0.25) is 0 Å². The van der Waals surface area contributed by atoms with Gasteiger partial charge >= 0.3 is 0 Å². The van der Waals surface area contributed by atoms with Crippen molar-refractivity contribution in [1.29, 1.82) is 0 Å². The van der Waals surface area contributed by atoms with Crippen LogP contribution < -0.4 is 4.74 Å². The molecule has 0 aromatic heterocycles. The van der Waals surface area contributed by atoms with Gasteiger partial charge in [0.05, 0.1) is 0 Å². The van der Waals surface area contributed by atoms with E-state index in [9.17, 15) is 10.2 Å². The quantitative estimate of drug-likeness (QED) is 0.660. The highest BCUT2D eigenvalue weighted by molar-refractivity contribution is 5.54. The Balaban J connectivity index is 2.02. The zero-order valence-corrected chi connectivity index (χ0v) is 16.3. The average Bonchev–Trinajstić information content (AvgIpc) is 2.53. The molecule has 2 N–H and O–H groups in total. The number of benzene rings is 1. The summed E-state index contributed by atoms with van der Waals surface area (Å²) in [6, 6.07) is 3.96. The van der Waals surface area contributed by atoms with Crippen LogP contribution in [0.15, 0.2) is 35.4 Å². The molecule has 3 rings (SSSR count). The van der Waals surface area contributed by atoms with Crippen molar-refractivity contribution in [3.05, 3.63) is 46.6 Å². The predicted octanol–water partition coefficient (Wildman–Crippen LogP) is 5.93. The van der Waals surface area contributed by atoms with E-state index in [1.54, 1.807) is 0 Å². The van der Waals surface area contributed by atoms with Crippen LogP contribution in [0.4, 0.5) is 0 Å². The van der Waals surface area contributed by atoms with Crippen LogP contribution in [0.2, 0.25) is 0 Å². The van der Waals surface area contributed by atoms with Crippen molar-refractivity contribution < 1.29 is 14.9 Å². The highest BCUT2D eigenvalue weighted by Gasteiger charge is 2.33. The second kappa shape index (κ2) is 8.30. The van der Waals surface area contributed by atoms with E-state index < -0.39 is 6.29 Å². The van der Waals surface area contributed by atoms with E-state index in [2.05, 4.69) is 32.9 Å². The van der Waals surface area contributed by atoms with Crippen molar-refractivity contribution >= 4 is 0 Å². The number of aliphatic hydroxyl groups is 1. The first kappa shape index (κ1) is 19.0. The number of ether oxygens (including phenoxy) is 1. The van der Waals surface area contributed by atoms with Gasteiger partial charge < -0.3 is 14.9 Å². The molecule has 142 valence electrons. The average molecular weight is 357 g/mol. The Hall–Kier alpha value is -1.74. The number of phenols is 1. The minimum Gasteiger partial charge on any atom is -0.507 e. The van der Waals surface area contributed by atoms with Crippen molar-refractivity contribution in [3.8, 4) is 11.5 Å². The van der Waals surface area contributed by atoms with Gasteiger partial charge in [0.2, 0.25) is 0 Å². The van der Waals surface area contributed by atoms with Gasteiger partial charge in [0.1, 0.15) is 11.5 Å². The standard InChI is InChI=1S/C23H32O3/c1-4-18(15(2)3)19-14-22(25)26-21-13-17(12-20(24)23(19)21)16-10-8-6-5-7-9-11-16/h8,10,12-13,16,19,22,24-25H,4-7,9,11,14H2,1-3H3/b10-8-. The van der Waals surface area contributed by atoms with E-state index >= 15 is 0 Å². The Morgan fingerprint density at radius 1 is 1.19 bits per heavy atom. The number of allylic oxidation sites excluding steroid dienone is 4. The molecule has 3 atom stereocenters. The van der Waals surface area contributed by atoms with Gasteiger partial charge in [0, 0.05) is 23.8 Å². The van der Waals surface area contributed by atoms with Crippen molar-refractivity contribution in [2.24, 2.45) is 0 Å². The van der Waals surface area contributed by atoms with Crippen molar-refractivity contribution in [1.82, 2.24) is 0 Å². The van der Waals surface area contributed by atoms with Gasteiger partial charge in [0.25, 0.3) is 0 Å². The van der Waals surface area contributed by atoms with Crippen LogP contribution in [-0.2, 0) is 0 Å². The third-order valence-electron chi connectivity index (χ3n) is 5.82. The van der Waals surface area contributed by atoms with Gasteiger partial charge in [-0.1, -0.05) is 43.1 Å². The summed E-state index contributed by atoms with van der Waals surface area (Å²) in [4.78, 5) is 0. The lowest BCUT2D eigenvalue weighted by atomic mass is 9.80. The molecule has 1 heterocycles. The minimum absolute atomic E-state index is 0.0191. The van der Waals surface area contributed by atoms with E-state index in [-0.39, 0.29) is 5.92 Å². The Kier molecular flexibility index (Phi) is 6.08. The molecule has 0 fully saturated rings. The van der Waals surface area contributed by atoms with Crippen LogP contribution in [0.25, 0.3) is 0 Å². The molecule has 0 radical (unpaired) electrons. The van der Waals surface area contributed by atoms with Gasteiger partial charge in [-0.2, -0.15) is 0 Å². The second-order valence-electron chi connectivity index (χ2n) is 7.86. The Morgan fingerprint density at radius 2 is 2.00 bits per heavy atom. The van der Waals surface area contributed by atoms with Crippen LogP contribution in [0.1, 0.15) is 88.7 Å². The summed E-state index contributed by atoms with van der Waals surface area (Å²) in [5, 5.41) is 21.2. The van der Waals surface area contributed by atoms with Gasteiger partial charge in [-0.25, -0.2) is 0 Å². The van der Waals surface area contributed by atoms with Crippen molar-refractivity contribution in [3.63, 3.8) is 0 Å². The van der Waals surface area contributed by atoms with E-state index in [0.29, 0.717) is 23.8 Å². The monoisotopic (exact) mass is 356 g/mol. The fourth-order valence-corrected chi connectivity index (χ4v) is 4.51. The minimum atomic E-state index is -0.823. The number of phenolic OH excluding ortho intramolecular Hbond substituents is 1. The Morgan fingerprint density at radius 3 is 2.73 bits per heavy atom. The van der Waals surface area contributed by atoms with Crippen LogP contribution in [0.5, 0.6) is 11.5 Å². The van der Waals surface area contributed by atoms with Crippen molar-refractivity contribution in [2.75, 3.05) is 0 Å². The first-order chi connectivity index (χ1) is 12.5. The molecule has 1 aromatic rings. The highest BCUT2D eigenvalue weighted by Crippen LogP contribution is 2.48. The van der Waals surface area contributed by atoms with Gasteiger partial charge in [0.15, 0.2) is 6.29 Å². The molecule has 0 saturated carbocycles. The smallest absolute Gasteiger partial charge is 0.198 e. The molecule has 1 aliphatic carbocycles. The zero-order chi connectivity index (χ0) is 18.7. The number of aromatic hydroxyl groups is 1. The summed E-state index contributed by atoms with van der Waals surface area (Å²) in [6.07, 6.45) is 11.1. The molecule has 0 spiro atoms. The normalized spacial score (nSPS) is 26.8. The maximum absolute atomic E-state index is 10.9. The number of hydrogen-bond acceptors (Lipinski definition) is 3.